The maximum atomic E-state index is 12.2. The minimum absolute atomic E-state index is 0.0773. The molecule has 1 heterocycles. The van der Waals surface area contributed by atoms with Crippen molar-refractivity contribution < 1.29 is 19.4 Å². The minimum atomic E-state index is -1.71. The number of rotatable bonds is 4. The van der Waals surface area contributed by atoms with E-state index in [1.807, 2.05) is 12.1 Å². The van der Waals surface area contributed by atoms with Crippen LogP contribution in [0.2, 0.25) is 0 Å². The summed E-state index contributed by atoms with van der Waals surface area (Å²) >= 11 is 0. The van der Waals surface area contributed by atoms with Crippen molar-refractivity contribution in [2.45, 2.75) is 39.0 Å². The molecule has 0 radical (unpaired) electrons. The molecule has 0 saturated carbocycles. The Morgan fingerprint density at radius 3 is 2.70 bits per heavy atom. The highest BCUT2D eigenvalue weighted by Gasteiger charge is 2.39. The van der Waals surface area contributed by atoms with E-state index in [-0.39, 0.29) is 18.6 Å². The van der Waals surface area contributed by atoms with Crippen molar-refractivity contribution in [3.05, 3.63) is 35.4 Å². The van der Waals surface area contributed by atoms with Crippen LogP contribution in [0.15, 0.2) is 24.3 Å². The first-order valence-electron chi connectivity index (χ1n) is 6.62. The van der Waals surface area contributed by atoms with Crippen molar-refractivity contribution in [1.29, 1.82) is 0 Å². The Kier molecular flexibility index (Phi) is 3.81. The Balaban J connectivity index is 2.08. The predicted octanol–water partition coefficient (Wildman–Crippen LogP) is 1.34. The van der Waals surface area contributed by atoms with E-state index in [0.29, 0.717) is 12.1 Å². The van der Waals surface area contributed by atoms with Gasteiger partial charge in [0.15, 0.2) is 5.60 Å². The third-order valence-corrected chi connectivity index (χ3v) is 3.18. The largest absolute Gasteiger partial charge is 0.461 e. The Bertz CT molecular complexity index is 536. The Hall–Kier alpha value is -1.88. The van der Waals surface area contributed by atoms with Gasteiger partial charge in [0.25, 0.3) is 5.91 Å². The molecule has 1 unspecified atom stereocenters. The summed E-state index contributed by atoms with van der Waals surface area (Å²) in [5.41, 5.74) is -0.173. The summed E-state index contributed by atoms with van der Waals surface area (Å²) in [7, 11) is 0. The van der Waals surface area contributed by atoms with Gasteiger partial charge < -0.3 is 14.7 Å². The smallest absolute Gasteiger partial charge is 0.339 e. The number of carbonyl (C=O) groups is 2. The third kappa shape index (κ3) is 2.82. The number of β-amino-alcohol motifs (C(OH)–C–C–N with tert-alkyl or cyclic N) is 1. The molecule has 1 aliphatic rings. The molecule has 20 heavy (non-hydrogen) atoms. The van der Waals surface area contributed by atoms with Crippen LogP contribution in [0.1, 0.15) is 36.7 Å². The number of aliphatic hydroxyl groups is 1. The molecule has 2 rings (SSSR count). The van der Waals surface area contributed by atoms with Crippen LogP contribution in [0.5, 0.6) is 0 Å². The lowest BCUT2D eigenvalue weighted by atomic mass is 10.1. The van der Waals surface area contributed by atoms with E-state index < -0.39 is 11.6 Å². The summed E-state index contributed by atoms with van der Waals surface area (Å²) < 4.78 is 5.01. The molecule has 1 aliphatic heterocycles. The summed E-state index contributed by atoms with van der Waals surface area (Å²) in [6.45, 7) is 5.12. The van der Waals surface area contributed by atoms with Crippen molar-refractivity contribution >= 4 is 11.9 Å². The zero-order valence-electron chi connectivity index (χ0n) is 11.9. The number of hydrogen-bond donors (Lipinski definition) is 1. The van der Waals surface area contributed by atoms with E-state index in [9.17, 15) is 14.7 Å². The number of benzene rings is 1. The highest BCUT2D eigenvalue weighted by atomic mass is 16.6. The molecule has 0 spiro atoms. The first kappa shape index (κ1) is 14.5. The molecular formula is C15H19NO4. The van der Waals surface area contributed by atoms with Gasteiger partial charge in [-0.05, 0) is 32.4 Å². The zero-order valence-corrected chi connectivity index (χ0v) is 11.9. The van der Waals surface area contributed by atoms with E-state index in [1.165, 1.54) is 11.8 Å². The number of amides is 1. The fraction of sp³-hybridized carbons (Fsp3) is 0.467. The SMILES string of the molecule is CC(C)OC(=O)C(C)(O)CN1Cc2ccccc2C1=O. The van der Waals surface area contributed by atoms with Crippen LogP contribution >= 0.6 is 0 Å². The molecule has 1 aromatic carbocycles. The Morgan fingerprint density at radius 2 is 2.10 bits per heavy atom. The van der Waals surface area contributed by atoms with E-state index in [1.54, 1.807) is 26.0 Å². The second-order valence-corrected chi connectivity index (χ2v) is 5.55. The quantitative estimate of drug-likeness (QED) is 0.843. The molecule has 5 heteroatoms. The van der Waals surface area contributed by atoms with Crippen molar-refractivity contribution in [3.8, 4) is 0 Å². The van der Waals surface area contributed by atoms with Gasteiger partial charge in [0.2, 0.25) is 0 Å². The molecule has 108 valence electrons. The first-order chi connectivity index (χ1) is 9.31. The molecule has 0 bridgehead atoms. The molecular weight excluding hydrogens is 258 g/mol. The van der Waals surface area contributed by atoms with Crippen LogP contribution in [0.3, 0.4) is 0 Å². The lowest BCUT2D eigenvalue weighted by Gasteiger charge is -2.27. The van der Waals surface area contributed by atoms with E-state index >= 15 is 0 Å². The number of hydrogen-bond acceptors (Lipinski definition) is 4. The fourth-order valence-electron chi connectivity index (χ4n) is 2.22. The lowest BCUT2D eigenvalue weighted by Crippen LogP contribution is -2.48. The first-order valence-corrected chi connectivity index (χ1v) is 6.62. The molecule has 0 fully saturated rings. The molecule has 1 N–H and O–H groups in total. The summed E-state index contributed by atoms with van der Waals surface area (Å²) in [6.07, 6.45) is -0.305. The summed E-state index contributed by atoms with van der Waals surface area (Å²) in [5, 5.41) is 10.2. The average Bonchev–Trinajstić information content (AvgIpc) is 2.65. The Labute approximate surface area is 118 Å². The Morgan fingerprint density at radius 1 is 1.45 bits per heavy atom. The summed E-state index contributed by atoms with van der Waals surface area (Å²) in [4.78, 5) is 25.5. The van der Waals surface area contributed by atoms with Gasteiger partial charge in [0.1, 0.15) is 0 Å². The maximum absolute atomic E-state index is 12.2. The molecule has 1 amide bonds. The molecule has 1 aromatic rings. The van der Waals surface area contributed by atoms with Crippen molar-refractivity contribution in [1.82, 2.24) is 4.90 Å². The lowest BCUT2D eigenvalue weighted by molar-refractivity contribution is -0.168. The highest BCUT2D eigenvalue weighted by Crippen LogP contribution is 2.24. The van der Waals surface area contributed by atoms with Crippen molar-refractivity contribution in [2.24, 2.45) is 0 Å². The molecule has 0 aromatic heterocycles. The number of esters is 1. The second kappa shape index (κ2) is 5.25. The fourth-order valence-corrected chi connectivity index (χ4v) is 2.22. The van der Waals surface area contributed by atoms with Gasteiger partial charge in [0.05, 0.1) is 12.6 Å². The molecule has 1 atom stereocenters. The highest BCUT2D eigenvalue weighted by molar-refractivity contribution is 5.98. The monoisotopic (exact) mass is 277 g/mol. The number of fused-ring (bicyclic) bond motifs is 1. The standard InChI is InChI=1S/C15H19NO4/c1-10(2)20-14(18)15(3,19)9-16-8-11-6-4-5-7-12(11)13(16)17/h4-7,10,19H,8-9H2,1-3H3. The van der Waals surface area contributed by atoms with Gasteiger partial charge in [-0.1, -0.05) is 18.2 Å². The van der Waals surface area contributed by atoms with Crippen LogP contribution in [-0.4, -0.2) is 40.1 Å². The second-order valence-electron chi connectivity index (χ2n) is 5.55. The van der Waals surface area contributed by atoms with Gasteiger partial charge in [-0.3, -0.25) is 4.79 Å². The van der Waals surface area contributed by atoms with Gasteiger partial charge in [-0.2, -0.15) is 0 Å². The maximum Gasteiger partial charge on any atom is 0.339 e. The predicted molar refractivity (Wildman–Crippen MR) is 73.0 cm³/mol. The van der Waals surface area contributed by atoms with Crippen LogP contribution in [0.4, 0.5) is 0 Å². The average molecular weight is 277 g/mol. The minimum Gasteiger partial charge on any atom is -0.461 e. The normalized spacial score (nSPS) is 17.1. The summed E-state index contributed by atoms with van der Waals surface area (Å²) in [5.74, 6) is -0.880. The van der Waals surface area contributed by atoms with Gasteiger partial charge >= 0.3 is 5.97 Å². The number of ether oxygens (including phenoxy) is 1. The zero-order chi connectivity index (χ0) is 14.9. The topological polar surface area (TPSA) is 66.8 Å². The van der Waals surface area contributed by atoms with Gasteiger partial charge in [-0.25, -0.2) is 4.79 Å². The van der Waals surface area contributed by atoms with Gasteiger partial charge in [-0.15, -0.1) is 0 Å². The van der Waals surface area contributed by atoms with Crippen LogP contribution in [0.25, 0.3) is 0 Å². The molecule has 0 saturated heterocycles. The summed E-state index contributed by atoms with van der Waals surface area (Å²) in [6, 6.07) is 7.28. The van der Waals surface area contributed by atoms with E-state index in [2.05, 4.69) is 0 Å². The number of nitrogens with zero attached hydrogens (tertiary/aromatic N) is 1. The van der Waals surface area contributed by atoms with Crippen LogP contribution in [0, 0.1) is 0 Å². The van der Waals surface area contributed by atoms with E-state index in [0.717, 1.165) is 5.56 Å². The molecule has 0 aliphatic carbocycles. The van der Waals surface area contributed by atoms with E-state index in [4.69, 9.17) is 4.74 Å². The van der Waals surface area contributed by atoms with Gasteiger partial charge in [0, 0.05) is 12.1 Å². The van der Waals surface area contributed by atoms with Crippen LogP contribution < -0.4 is 0 Å². The van der Waals surface area contributed by atoms with Crippen molar-refractivity contribution in [3.63, 3.8) is 0 Å². The van der Waals surface area contributed by atoms with Crippen molar-refractivity contribution in [2.75, 3.05) is 6.54 Å². The third-order valence-electron chi connectivity index (χ3n) is 3.18. The number of carbonyl (C=O) groups excluding carboxylic acids is 2. The van der Waals surface area contributed by atoms with Crippen LogP contribution in [-0.2, 0) is 16.1 Å². The molecule has 5 nitrogen and oxygen atoms in total.